The highest BCUT2D eigenvalue weighted by atomic mass is 35.5. The molecule has 1 aromatic heterocycles. The molecule has 2 aromatic carbocycles. The van der Waals surface area contributed by atoms with Crippen molar-refractivity contribution in [2.24, 2.45) is 17.3 Å². The van der Waals surface area contributed by atoms with Crippen molar-refractivity contribution >= 4 is 23.3 Å². The van der Waals surface area contributed by atoms with Crippen molar-refractivity contribution in [2.45, 2.75) is 101 Å². The maximum Gasteiger partial charge on any atom is 0.329 e. The van der Waals surface area contributed by atoms with Gasteiger partial charge in [-0.3, -0.25) is 4.98 Å². The average molecular weight is 671 g/mol. The summed E-state index contributed by atoms with van der Waals surface area (Å²) >= 11 is 6.28. The number of hydrogen-bond acceptors (Lipinski definition) is 6. The van der Waals surface area contributed by atoms with Crippen molar-refractivity contribution in [3.05, 3.63) is 76.1 Å². The van der Waals surface area contributed by atoms with Crippen molar-refractivity contribution in [1.82, 2.24) is 4.98 Å². The summed E-state index contributed by atoms with van der Waals surface area (Å²) in [4.78, 5) is 17.6. The Morgan fingerprint density at radius 2 is 1.85 bits per heavy atom. The number of benzene rings is 2. The van der Waals surface area contributed by atoms with Gasteiger partial charge in [-0.05, 0) is 141 Å². The molecule has 0 bridgehead atoms. The molecule has 8 rings (SSSR count). The third-order valence-corrected chi connectivity index (χ3v) is 12.6. The zero-order valence-corrected chi connectivity index (χ0v) is 28.9. The summed E-state index contributed by atoms with van der Waals surface area (Å²) in [5, 5.41) is 14.6. The van der Waals surface area contributed by atoms with Crippen LogP contribution in [0.3, 0.4) is 0 Å². The molecule has 2 saturated carbocycles. The van der Waals surface area contributed by atoms with Gasteiger partial charge in [0.25, 0.3) is 0 Å². The van der Waals surface area contributed by atoms with Crippen LogP contribution >= 0.6 is 11.6 Å². The number of carbonyl (C=O) groups is 1. The molecule has 4 aliphatic carbocycles. The van der Waals surface area contributed by atoms with E-state index in [9.17, 15) is 9.90 Å². The number of aryl methyl sites for hydroxylation is 1. The molecular weight excluding hydrogens is 624 g/mol. The van der Waals surface area contributed by atoms with E-state index in [2.05, 4.69) is 36.3 Å². The molecule has 0 amide bonds. The lowest BCUT2D eigenvalue weighted by molar-refractivity contribution is -0.144. The Morgan fingerprint density at radius 3 is 2.58 bits per heavy atom. The van der Waals surface area contributed by atoms with E-state index in [1.54, 1.807) is 0 Å². The first-order valence-corrected chi connectivity index (χ1v) is 18.4. The predicted octanol–water partition coefficient (Wildman–Crippen LogP) is 8.75. The van der Waals surface area contributed by atoms with Crippen LogP contribution in [0.4, 0.5) is 5.69 Å². The van der Waals surface area contributed by atoms with E-state index in [-0.39, 0.29) is 10.8 Å². The SMILES string of the molecule is C[C@@H](COc1ccnc2c1[C@H](C)CCC2)C[C@H]1Cc2cc3c(cc2C12CCC(Nc1cccc(Cl)c1)(C(=O)O)CC2)OCC1(CC1)CO3. The molecule has 0 radical (unpaired) electrons. The standard InChI is InChI=1S/C40H47ClN2O5/c1-25(22-46-33-9-16-42-32-8-3-5-26(2)36(32)33)17-28-18-27-19-34-35(48-24-38(10-11-38)23-47-34)21-31(27)39(28)12-14-40(15-13-39,37(44)45)43-30-7-4-6-29(41)20-30/h4,6-7,9,16,19-21,25-26,28,43H,3,5,8,10-15,17-18,22-24H2,1-2H3,(H,44,45)/t25-,26-,28+,39?,40?/m1/s1. The molecule has 2 fully saturated rings. The zero-order valence-electron chi connectivity index (χ0n) is 28.2. The number of halogens is 1. The van der Waals surface area contributed by atoms with Gasteiger partial charge in [-0.15, -0.1) is 0 Å². The predicted molar refractivity (Wildman–Crippen MR) is 187 cm³/mol. The van der Waals surface area contributed by atoms with E-state index >= 15 is 0 Å². The lowest BCUT2D eigenvalue weighted by Gasteiger charge is -2.47. The number of fused-ring (bicyclic) bond motifs is 4. The fourth-order valence-corrected chi connectivity index (χ4v) is 9.50. The van der Waals surface area contributed by atoms with E-state index in [4.69, 9.17) is 25.8 Å². The third-order valence-electron chi connectivity index (χ3n) is 12.4. The topological polar surface area (TPSA) is 89.9 Å². The molecule has 254 valence electrons. The van der Waals surface area contributed by atoms with E-state index in [0.29, 0.717) is 48.8 Å². The van der Waals surface area contributed by atoms with Crippen molar-refractivity contribution < 1.29 is 24.1 Å². The van der Waals surface area contributed by atoms with E-state index < -0.39 is 11.5 Å². The van der Waals surface area contributed by atoms with Crippen LogP contribution in [0.1, 0.15) is 99.9 Å². The number of ether oxygens (including phenoxy) is 3. The van der Waals surface area contributed by atoms with E-state index in [1.807, 2.05) is 36.5 Å². The lowest BCUT2D eigenvalue weighted by Crippen LogP contribution is -2.53. The second-order valence-electron chi connectivity index (χ2n) is 15.7. The Labute approximate surface area is 288 Å². The van der Waals surface area contributed by atoms with Gasteiger partial charge in [0.05, 0.1) is 19.8 Å². The number of carboxylic acids is 1. The number of anilines is 1. The van der Waals surface area contributed by atoms with Crippen LogP contribution in [0.5, 0.6) is 17.2 Å². The first-order chi connectivity index (χ1) is 23.2. The van der Waals surface area contributed by atoms with Crippen molar-refractivity contribution in [3.63, 3.8) is 0 Å². The number of rotatable bonds is 8. The number of pyridine rings is 1. The molecule has 2 heterocycles. The molecular formula is C40H47ClN2O5. The van der Waals surface area contributed by atoms with Gasteiger partial charge < -0.3 is 24.6 Å². The minimum Gasteiger partial charge on any atom is -0.493 e. The Kier molecular flexibility index (Phi) is 8.05. The number of hydrogen-bond donors (Lipinski definition) is 2. The Morgan fingerprint density at radius 1 is 1.08 bits per heavy atom. The Bertz CT molecular complexity index is 1710. The fourth-order valence-electron chi connectivity index (χ4n) is 9.31. The van der Waals surface area contributed by atoms with Crippen LogP contribution < -0.4 is 19.5 Å². The van der Waals surface area contributed by atoms with Gasteiger partial charge >= 0.3 is 5.97 Å². The fraction of sp³-hybridized carbons (Fsp3) is 0.550. The van der Waals surface area contributed by atoms with Crippen molar-refractivity contribution in [2.75, 3.05) is 25.1 Å². The zero-order chi connectivity index (χ0) is 33.1. The Balaban J connectivity index is 1.06. The molecule has 5 aliphatic rings. The number of aliphatic carboxylic acids is 1. The first-order valence-electron chi connectivity index (χ1n) is 18.0. The highest BCUT2D eigenvalue weighted by Crippen LogP contribution is 2.58. The smallest absolute Gasteiger partial charge is 0.329 e. The molecule has 0 unspecified atom stereocenters. The first kappa shape index (κ1) is 31.8. The van der Waals surface area contributed by atoms with Crippen LogP contribution in [0.2, 0.25) is 5.02 Å². The minimum absolute atomic E-state index is 0.148. The van der Waals surface area contributed by atoms with Crippen molar-refractivity contribution in [3.8, 4) is 17.2 Å². The minimum atomic E-state index is -1.06. The molecule has 2 spiro atoms. The van der Waals surface area contributed by atoms with Gasteiger partial charge in [0, 0.05) is 33.6 Å². The van der Waals surface area contributed by atoms with Crippen molar-refractivity contribution in [1.29, 1.82) is 0 Å². The quantitative estimate of drug-likeness (QED) is 0.248. The van der Waals surface area contributed by atoms with E-state index in [1.165, 1.54) is 35.2 Å². The summed E-state index contributed by atoms with van der Waals surface area (Å²) in [6, 6.07) is 13.9. The second-order valence-corrected chi connectivity index (χ2v) is 16.2. The van der Waals surface area contributed by atoms with Crippen LogP contribution in [-0.4, -0.2) is 41.4 Å². The molecule has 48 heavy (non-hydrogen) atoms. The molecule has 1 aliphatic heterocycles. The molecule has 2 N–H and O–H groups in total. The monoisotopic (exact) mass is 670 g/mol. The maximum atomic E-state index is 13.0. The number of carboxylic acid groups (broad SMARTS) is 1. The van der Waals surface area contributed by atoms with Crippen LogP contribution in [-0.2, 0) is 23.1 Å². The summed E-state index contributed by atoms with van der Waals surface area (Å²) in [6.07, 6.45) is 12.1. The third kappa shape index (κ3) is 5.70. The molecule has 7 nitrogen and oxygen atoms in total. The average Bonchev–Trinajstić information content (AvgIpc) is 3.83. The normalized spacial score (nSPS) is 28.6. The molecule has 8 heteroatoms. The number of nitrogens with one attached hydrogen (secondary N) is 1. The highest BCUT2D eigenvalue weighted by Gasteiger charge is 2.55. The summed E-state index contributed by atoms with van der Waals surface area (Å²) in [5.41, 5.74) is 4.84. The highest BCUT2D eigenvalue weighted by molar-refractivity contribution is 6.30. The van der Waals surface area contributed by atoms with Gasteiger partial charge in [0.15, 0.2) is 11.5 Å². The summed E-state index contributed by atoms with van der Waals surface area (Å²) in [5.74, 6) is 3.03. The van der Waals surface area contributed by atoms with Gasteiger partial charge in [-0.25, -0.2) is 4.79 Å². The summed E-state index contributed by atoms with van der Waals surface area (Å²) in [7, 11) is 0. The van der Waals surface area contributed by atoms with Crippen LogP contribution in [0.25, 0.3) is 0 Å². The maximum absolute atomic E-state index is 13.0. The van der Waals surface area contributed by atoms with Crippen LogP contribution in [0.15, 0.2) is 48.7 Å². The largest absolute Gasteiger partial charge is 0.493 e. The lowest BCUT2D eigenvalue weighted by atomic mass is 9.59. The molecule has 3 atom stereocenters. The second kappa shape index (κ2) is 12.2. The van der Waals surface area contributed by atoms with Crippen LogP contribution in [0, 0.1) is 17.3 Å². The molecule has 0 saturated heterocycles. The number of nitrogens with zero attached hydrogens (tertiary/aromatic N) is 1. The summed E-state index contributed by atoms with van der Waals surface area (Å²) < 4.78 is 19.4. The van der Waals surface area contributed by atoms with Gasteiger partial charge in [-0.2, -0.15) is 0 Å². The Hall–Kier alpha value is -3.45. The van der Waals surface area contributed by atoms with Gasteiger partial charge in [-0.1, -0.05) is 31.5 Å². The van der Waals surface area contributed by atoms with Gasteiger partial charge in [0.2, 0.25) is 0 Å². The molecule has 3 aromatic rings. The number of aromatic nitrogens is 1. The summed E-state index contributed by atoms with van der Waals surface area (Å²) in [6.45, 7) is 6.65. The van der Waals surface area contributed by atoms with Gasteiger partial charge in [0.1, 0.15) is 11.3 Å². The van der Waals surface area contributed by atoms with E-state index in [0.717, 1.165) is 74.5 Å².